The summed E-state index contributed by atoms with van der Waals surface area (Å²) >= 11 is 0. The lowest BCUT2D eigenvalue weighted by Gasteiger charge is -2.15. The number of rotatable bonds is 9. The maximum atomic E-state index is 3.70. The number of nitrogens with one attached hydrogen (secondary N) is 2. The second-order valence-electron chi connectivity index (χ2n) is 12.4. The summed E-state index contributed by atoms with van der Waals surface area (Å²) in [6, 6.07) is 72.9. The van der Waals surface area contributed by atoms with Gasteiger partial charge in [-0.25, -0.2) is 0 Å². The molecule has 0 saturated carbocycles. The third-order valence-electron chi connectivity index (χ3n) is 9.03. The fourth-order valence-electron chi connectivity index (χ4n) is 6.55. The molecular formula is C48H36N2. The molecule has 0 bridgehead atoms. The summed E-state index contributed by atoms with van der Waals surface area (Å²) in [6.07, 6.45) is 0. The molecule has 50 heavy (non-hydrogen) atoms. The van der Waals surface area contributed by atoms with Gasteiger partial charge < -0.3 is 10.6 Å². The second-order valence-corrected chi connectivity index (χ2v) is 12.4. The van der Waals surface area contributed by atoms with Crippen molar-refractivity contribution in [1.82, 2.24) is 0 Å². The summed E-state index contributed by atoms with van der Waals surface area (Å²) in [4.78, 5) is 0. The number of hydrogen-bond acceptors (Lipinski definition) is 2. The molecular weight excluding hydrogens is 605 g/mol. The molecule has 0 saturated heterocycles. The van der Waals surface area contributed by atoms with Gasteiger partial charge in [0.05, 0.1) is 0 Å². The molecule has 0 spiro atoms. The lowest BCUT2D eigenvalue weighted by atomic mass is 9.95. The van der Waals surface area contributed by atoms with Crippen LogP contribution >= 0.6 is 0 Å². The third-order valence-corrected chi connectivity index (χ3v) is 9.03. The van der Waals surface area contributed by atoms with Crippen molar-refractivity contribution in [3.8, 4) is 55.6 Å². The third kappa shape index (κ3) is 6.82. The molecule has 0 amide bonds. The number of hydrogen-bond donors (Lipinski definition) is 2. The first-order chi connectivity index (χ1) is 24.8. The van der Waals surface area contributed by atoms with E-state index < -0.39 is 0 Å². The zero-order valence-electron chi connectivity index (χ0n) is 27.6. The van der Waals surface area contributed by atoms with Gasteiger partial charge in [-0.05, 0) is 93.0 Å². The van der Waals surface area contributed by atoms with Crippen molar-refractivity contribution in [2.45, 2.75) is 0 Å². The molecule has 0 radical (unpaired) electrons. The summed E-state index contributed by atoms with van der Waals surface area (Å²) in [5.74, 6) is 0. The number of anilines is 4. The van der Waals surface area contributed by atoms with E-state index in [-0.39, 0.29) is 0 Å². The van der Waals surface area contributed by atoms with Crippen molar-refractivity contribution in [1.29, 1.82) is 0 Å². The predicted molar refractivity (Wildman–Crippen MR) is 213 cm³/mol. The Morgan fingerprint density at radius 1 is 0.220 bits per heavy atom. The van der Waals surface area contributed by atoms with Gasteiger partial charge in [0.2, 0.25) is 0 Å². The van der Waals surface area contributed by atoms with Crippen LogP contribution in [0.3, 0.4) is 0 Å². The average molecular weight is 641 g/mol. The normalized spacial score (nSPS) is 10.8. The summed E-state index contributed by atoms with van der Waals surface area (Å²) in [7, 11) is 0. The van der Waals surface area contributed by atoms with Gasteiger partial charge >= 0.3 is 0 Å². The van der Waals surface area contributed by atoms with Crippen LogP contribution in [0, 0.1) is 0 Å². The van der Waals surface area contributed by atoms with E-state index in [9.17, 15) is 0 Å². The highest BCUT2D eigenvalue weighted by molar-refractivity contribution is 5.87. The molecule has 0 heterocycles. The Bertz CT molecular complexity index is 2210. The molecule has 0 aromatic heterocycles. The summed E-state index contributed by atoms with van der Waals surface area (Å²) < 4.78 is 0. The van der Waals surface area contributed by atoms with E-state index in [1.165, 1.54) is 33.4 Å². The van der Waals surface area contributed by atoms with Crippen LogP contribution in [-0.2, 0) is 0 Å². The van der Waals surface area contributed by atoms with Gasteiger partial charge in [-0.3, -0.25) is 0 Å². The minimum atomic E-state index is 1.06. The van der Waals surface area contributed by atoms with E-state index in [4.69, 9.17) is 0 Å². The fourth-order valence-corrected chi connectivity index (χ4v) is 6.55. The predicted octanol–water partition coefficient (Wildman–Crippen LogP) is 13.5. The monoisotopic (exact) mass is 640 g/mol. The molecule has 8 rings (SSSR count). The van der Waals surface area contributed by atoms with Crippen molar-refractivity contribution in [2.75, 3.05) is 10.6 Å². The standard InChI is InChI=1S/C48H36N2/c1-3-15-35(16-4-1)39-21-13-25-43(33-39)49-47-29-9-7-27-45(47)41-23-11-19-37(31-41)38-20-12-24-42(32-38)46-28-8-10-30-48(46)50-44-26-14-22-40(34-44)36-17-5-2-6-18-36/h1-34,49-50H. The Morgan fingerprint density at radius 3 is 0.980 bits per heavy atom. The van der Waals surface area contributed by atoms with E-state index in [1.54, 1.807) is 0 Å². The zero-order chi connectivity index (χ0) is 33.5. The lowest BCUT2D eigenvalue weighted by Crippen LogP contribution is -1.94. The minimum absolute atomic E-state index is 1.06. The van der Waals surface area contributed by atoms with Crippen LogP contribution in [0.5, 0.6) is 0 Å². The van der Waals surface area contributed by atoms with Gasteiger partial charge in [-0.1, -0.05) is 158 Å². The van der Waals surface area contributed by atoms with Crippen molar-refractivity contribution in [3.63, 3.8) is 0 Å². The summed E-state index contributed by atoms with van der Waals surface area (Å²) in [5, 5.41) is 7.41. The average Bonchev–Trinajstić information content (AvgIpc) is 3.19. The molecule has 238 valence electrons. The topological polar surface area (TPSA) is 24.1 Å². The molecule has 8 aromatic carbocycles. The Morgan fingerprint density at radius 2 is 0.540 bits per heavy atom. The van der Waals surface area contributed by atoms with Gasteiger partial charge in [0.1, 0.15) is 0 Å². The van der Waals surface area contributed by atoms with Gasteiger partial charge in [-0.2, -0.15) is 0 Å². The van der Waals surface area contributed by atoms with Crippen molar-refractivity contribution in [3.05, 3.63) is 206 Å². The molecule has 2 heteroatoms. The molecule has 0 atom stereocenters. The second kappa shape index (κ2) is 14.2. The zero-order valence-corrected chi connectivity index (χ0v) is 27.6. The first-order valence-corrected chi connectivity index (χ1v) is 17.0. The molecule has 0 fully saturated rings. The maximum Gasteiger partial charge on any atom is 0.0463 e. The molecule has 2 N–H and O–H groups in total. The molecule has 0 aliphatic heterocycles. The van der Waals surface area contributed by atoms with Gasteiger partial charge in [0.25, 0.3) is 0 Å². The van der Waals surface area contributed by atoms with Crippen molar-refractivity contribution in [2.24, 2.45) is 0 Å². The van der Waals surface area contributed by atoms with Gasteiger partial charge in [0, 0.05) is 33.9 Å². The highest BCUT2D eigenvalue weighted by Gasteiger charge is 2.11. The van der Waals surface area contributed by atoms with Crippen LogP contribution < -0.4 is 10.6 Å². The van der Waals surface area contributed by atoms with E-state index in [1.807, 2.05) is 0 Å². The Labute approximate surface area is 294 Å². The molecule has 0 aliphatic rings. The van der Waals surface area contributed by atoms with E-state index in [0.29, 0.717) is 0 Å². The largest absolute Gasteiger partial charge is 0.355 e. The van der Waals surface area contributed by atoms with Crippen LogP contribution in [0.15, 0.2) is 206 Å². The Balaban J connectivity index is 1.07. The first kappa shape index (κ1) is 30.7. The van der Waals surface area contributed by atoms with Crippen LogP contribution in [0.4, 0.5) is 22.7 Å². The number of para-hydroxylation sites is 2. The Kier molecular flexibility index (Phi) is 8.73. The van der Waals surface area contributed by atoms with Crippen LogP contribution in [0.1, 0.15) is 0 Å². The fraction of sp³-hybridized carbons (Fsp3) is 0. The van der Waals surface area contributed by atoms with Crippen LogP contribution in [-0.4, -0.2) is 0 Å². The van der Waals surface area contributed by atoms with Crippen LogP contribution in [0.2, 0.25) is 0 Å². The first-order valence-electron chi connectivity index (χ1n) is 17.0. The highest BCUT2D eigenvalue weighted by atomic mass is 14.9. The minimum Gasteiger partial charge on any atom is -0.355 e. The van der Waals surface area contributed by atoms with Crippen LogP contribution in [0.25, 0.3) is 55.6 Å². The smallest absolute Gasteiger partial charge is 0.0463 e. The molecule has 2 nitrogen and oxygen atoms in total. The molecule has 8 aromatic rings. The lowest BCUT2D eigenvalue weighted by molar-refractivity contribution is 1.51. The van der Waals surface area contributed by atoms with Gasteiger partial charge in [0.15, 0.2) is 0 Å². The maximum absolute atomic E-state index is 3.70. The number of benzene rings is 8. The van der Waals surface area contributed by atoms with E-state index >= 15 is 0 Å². The molecule has 0 aliphatic carbocycles. The van der Waals surface area contributed by atoms with E-state index in [0.717, 1.165) is 45.0 Å². The van der Waals surface area contributed by atoms with E-state index in [2.05, 4.69) is 217 Å². The van der Waals surface area contributed by atoms with Gasteiger partial charge in [-0.15, -0.1) is 0 Å². The van der Waals surface area contributed by atoms with Crippen molar-refractivity contribution < 1.29 is 0 Å². The summed E-state index contributed by atoms with van der Waals surface area (Å²) in [6.45, 7) is 0. The summed E-state index contributed by atoms with van der Waals surface area (Å²) in [5.41, 5.74) is 16.0. The SMILES string of the molecule is c1ccc(-c2cccc(Nc3ccccc3-c3cccc(-c4cccc(-c5ccccc5Nc5cccc(-c6ccccc6)c5)c4)c3)c2)cc1. The Hall–Kier alpha value is -6.64. The van der Waals surface area contributed by atoms with Crippen molar-refractivity contribution >= 4 is 22.7 Å². The quantitative estimate of drug-likeness (QED) is 0.164. The molecule has 0 unspecified atom stereocenters. The highest BCUT2D eigenvalue weighted by Crippen LogP contribution is 2.37.